The Morgan fingerprint density at radius 3 is 2.65 bits per heavy atom. The van der Waals surface area contributed by atoms with E-state index >= 15 is 0 Å². The fourth-order valence-corrected chi connectivity index (χ4v) is 3.72. The van der Waals surface area contributed by atoms with E-state index in [2.05, 4.69) is 24.3 Å². The van der Waals surface area contributed by atoms with Gasteiger partial charge in [-0.3, -0.25) is 0 Å². The maximum atomic E-state index is 5.82. The third kappa shape index (κ3) is 2.13. The van der Waals surface area contributed by atoms with Crippen molar-refractivity contribution in [3.05, 3.63) is 35.4 Å². The SMILES string of the molecule is NCC1CCC1CC1CCCc2ccccc21. The van der Waals surface area contributed by atoms with E-state index in [0.29, 0.717) is 0 Å². The molecule has 92 valence electrons. The van der Waals surface area contributed by atoms with Gasteiger partial charge in [-0.15, -0.1) is 0 Å². The van der Waals surface area contributed by atoms with Crippen LogP contribution in [0.1, 0.15) is 49.1 Å². The monoisotopic (exact) mass is 229 g/mol. The Bertz CT molecular complexity index is 383. The fraction of sp³-hybridized carbons (Fsp3) is 0.625. The molecule has 2 N–H and O–H groups in total. The summed E-state index contributed by atoms with van der Waals surface area (Å²) in [5.41, 5.74) is 9.07. The van der Waals surface area contributed by atoms with Crippen molar-refractivity contribution in [1.82, 2.24) is 0 Å². The summed E-state index contributed by atoms with van der Waals surface area (Å²) in [4.78, 5) is 0. The van der Waals surface area contributed by atoms with E-state index in [0.717, 1.165) is 24.3 Å². The number of hydrogen-bond donors (Lipinski definition) is 1. The summed E-state index contributed by atoms with van der Waals surface area (Å²) >= 11 is 0. The van der Waals surface area contributed by atoms with Gasteiger partial charge in [-0.25, -0.2) is 0 Å². The van der Waals surface area contributed by atoms with Crippen LogP contribution in [-0.4, -0.2) is 6.54 Å². The zero-order valence-corrected chi connectivity index (χ0v) is 10.6. The van der Waals surface area contributed by atoms with Gasteiger partial charge in [-0.05, 0) is 74.0 Å². The van der Waals surface area contributed by atoms with Gasteiger partial charge < -0.3 is 5.73 Å². The molecule has 0 bridgehead atoms. The maximum absolute atomic E-state index is 5.82. The van der Waals surface area contributed by atoms with E-state index < -0.39 is 0 Å². The van der Waals surface area contributed by atoms with E-state index in [4.69, 9.17) is 5.73 Å². The van der Waals surface area contributed by atoms with Gasteiger partial charge in [-0.1, -0.05) is 24.3 Å². The maximum Gasteiger partial charge on any atom is -0.00462 e. The molecule has 1 aromatic carbocycles. The molecule has 1 fully saturated rings. The summed E-state index contributed by atoms with van der Waals surface area (Å²) < 4.78 is 0. The third-order valence-electron chi connectivity index (χ3n) is 4.96. The zero-order valence-electron chi connectivity index (χ0n) is 10.6. The number of nitrogens with two attached hydrogens (primary N) is 1. The number of benzene rings is 1. The quantitative estimate of drug-likeness (QED) is 0.843. The van der Waals surface area contributed by atoms with Crippen molar-refractivity contribution in [2.75, 3.05) is 6.54 Å². The molecular weight excluding hydrogens is 206 g/mol. The molecule has 2 aliphatic carbocycles. The van der Waals surface area contributed by atoms with Gasteiger partial charge in [0.25, 0.3) is 0 Å². The van der Waals surface area contributed by atoms with E-state index in [1.165, 1.54) is 38.5 Å². The summed E-state index contributed by atoms with van der Waals surface area (Å²) in [6.45, 7) is 0.902. The van der Waals surface area contributed by atoms with Crippen LogP contribution >= 0.6 is 0 Å². The Balaban J connectivity index is 1.72. The van der Waals surface area contributed by atoms with Crippen LogP contribution in [0.4, 0.5) is 0 Å². The van der Waals surface area contributed by atoms with Crippen molar-refractivity contribution >= 4 is 0 Å². The molecule has 3 unspecified atom stereocenters. The Kier molecular flexibility index (Phi) is 3.19. The lowest BCUT2D eigenvalue weighted by Crippen LogP contribution is -2.33. The normalized spacial score (nSPS) is 31.7. The van der Waals surface area contributed by atoms with Crippen LogP contribution in [0.3, 0.4) is 0 Å². The molecule has 1 nitrogen and oxygen atoms in total. The van der Waals surface area contributed by atoms with Crippen molar-refractivity contribution in [2.24, 2.45) is 17.6 Å². The van der Waals surface area contributed by atoms with E-state index in [1.807, 2.05) is 0 Å². The number of fused-ring (bicyclic) bond motifs is 1. The number of hydrogen-bond acceptors (Lipinski definition) is 1. The van der Waals surface area contributed by atoms with Crippen LogP contribution < -0.4 is 5.73 Å². The second-order valence-corrected chi connectivity index (χ2v) is 5.86. The number of rotatable bonds is 3. The van der Waals surface area contributed by atoms with Gasteiger partial charge in [0.05, 0.1) is 0 Å². The first-order valence-electron chi connectivity index (χ1n) is 7.16. The van der Waals surface area contributed by atoms with Crippen molar-refractivity contribution in [1.29, 1.82) is 0 Å². The van der Waals surface area contributed by atoms with Crippen LogP contribution in [0.15, 0.2) is 24.3 Å². The first-order valence-corrected chi connectivity index (χ1v) is 7.16. The lowest BCUT2D eigenvalue weighted by Gasteiger charge is -2.39. The molecule has 1 saturated carbocycles. The smallest absolute Gasteiger partial charge is 0.00462 e. The second-order valence-electron chi connectivity index (χ2n) is 5.86. The molecule has 0 amide bonds. The largest absolute Gasteiger partial charge is 0.330 e. The Morgan fingerprint density at radius 2 is 1.88 bits per heavy atom. The van der Waals surface area contributed by atoms with E-state index in [-0.39, 0.29) is 0 Å². The van der Waals surface area contributed by atoms with Crippen molar-refractivity contribution < 1.29 is 0 Å². The lowest BCUT2D eigenvalue weighted by atomic mass is 9.67. The molecule has 0 aromatic heterocycles. The topological polar surface area (TPSA) is 26.0 Å². The molecule has 0 heterocycles. The minimum absolute atomic E-state index is 0.819. The molecule has 3 atom stereocenters. The molecule has 1 heteroatoms. The molecule has 0 spiro atoms. The molecular formula is C16H23N. The van der Waals surface area contributed by atoms with Gasteiger partial charge in [0, 0.05) is 0 Å². The van der Waals surface area contributed by atoms with E-state index in [1.54, 1.807) is 11.1 Å². The molecule has 17 heavy (non-hydrogen) atoms. The summed E-state index contributed by atoms with van der Waals surface area (Å²) in [6, 6.07) is 9.07. The molecule has 0 aliphatic heterocycles. The Labute approximate surface area is 104 Å². The first-order chi connectivity index (χ1) is 8.38. The summed E-state index contributed by atoms with van der Waals surface area (Å²) in [5.74, 6) is 2.56. The third-order valence-corrected chi connectivity index (χ3v) is 4.96. The van der Waals surface area contributed by atoms with Crippen LogP contribution in [-0.2, 0) is 6.42 Å². The van der Waals surface area contributed by atoms with Crippen LogP contribution in [0, 0.1) is 11.8 Å². The van der Waals surface area contributed by atoms with Crippen molar-refractivity contribution in [3.8, 4) is 0 Å². The highest BCUT2D eigenvalue weighted by molar-refractivity contribution is 5.32. The van der Waals surface area contributed by atoms with E-state index in [9.17, 15) is 0 Å². The molecule has 3 rings (SSSR count). The molecule has 0 radical (unpaired) electrons. The predicted molar refractivity (Wildman–Crippen MR) is 72.0 cm³/mol. The van der Waals surface area contributed by atoms with Gasteiger partial charge in [0.15, 0.2) is 0 Å². The Hall–Kier alpha value is -0.820. The lowest BCUT2D eigenvalue weighted by molar-refractivity contribution is 0.157. The highest BCUT2D eigenvalue weighted by Gasteiger charge is 2.32. The molecule has 0 saturated heterocycles. The Morgan fingerprint density at radius 1 is 1.06 bits per heavy atom. The number of aryl methyl sites for hydroxylation is 1. The summed E-state index contributed by atoms with van der Waals surface area (Å²) in [7, 11) is 0. The average Bonchev–Trinajstić information content (AvgIpc) is 2.35. The minimum atomic E-state index is 0.819. The van der Waals surface area contributed by atoms with Crippen molar-refractivity contribution in [2.45, 2.75) is 44.4 Å². The summed E-state index contributed by atoms with van der Waals surface area (Å²) in [5, 5.41) is 0. The average molecular weight is 229 g/mol. The predicted octanol–water partition coefficient (Wildman–Crippen LogP) is 3.48. The van der Waals surface area contributed by atoms with Crippen molar-refractivity contribution in [3.63, 3.8) is 0 Å². The highest BCUT2D eigenvalue weighted by atomic mass is 14.6. The standard InChI is InChI=1S/C16H23N/c17-11-15-9-8-13(15)10-14-6-3-5-12-4-1-2-7-16(12)14/h1-2,4,7,13-15H,3,5-6,8-11,17H2. The molecule has 1 aromatic rings. The highest BCUT2D eigenvalue weighted by Crippen LogP contribution is 2.43. The van der Waals surface area contributed by atoms with Gasteiger partial charge in [-0.2, -0.15) is 0 Å². The van der Waals surface area contributed by atoms with Crippen LogP contribution in [0.5, 0.6) is 0 Å². The summed E-state index contributed by atoms with van der Waals surface area (Å²) in [6.07, 6.45) is 8.24. The second kappa shape index (κ2) is 4.81. The van der Waals surface area contributed by atoms with Gasteiger partial charge >= 0.3 is 0 Å². The fourth-order valence-electron chi connectivity index (χ4n) is 3.72. The van der Waals surface area contributed by atoms with Gasteiger partial charge in [0.1, 0.15) is 0 Å². The van der Waals surface area contributed by atoms with Crippen LogP contribution in [0.25, 0.3) is 0 Å². The van der Waals surface area contributed by atoms with Gasteiger partial charge in [0.2, 0.25) is 0 Å². The molecule has 2 aliphatic rings. The minimum Gasteiger partial charge on any atom is -0.330 e. The first kappa shape index (κ1) is 11.3. The zero-order chi connectivity index (χ0) is 11.7. The van der Waals surface area contributed by atoms with Crippen LogP contribution in [0.2, 0.25) is 0 Å².